The van der Waals surface area contributed by atoms with Crippen LogP contribution < -0.4 is 4.90 Å². The van der Waals surface area contributed by atoms with Crippen molar-refractivity contribution < 1.29 is 4.74 Å². The zero-order valence-electron chi connectivity index (χ0n) is 12.5. The quantitative estimate of drug-likeness (QED) is 0.913. The Hall–Kier alpha value is -1.59. The Morgan fingerprint density at radius 1 is 1.19 bits per heavy atom. The van der Waals surface area contributed by atoms with Crippen molar-refractivity contribution in [2.75, 3.05) is 44.3 Å². The lowest BCUT2D eigenvalue weighted by molar-refractivity contribution is 0.0134. The number of benzene rings is 1. The molecule has 0 amide bonds. The summed E-state index contributed by atoms with van der Waals surface area (Å²) in [5, 5.41) is 0. The van der Waals surface area contributed by atoms with Crippen molar-refractivity contribution in [3.8, 4) is 0 Å². The Morgan fingerprint density at radius 2 is 2.00 bits per heavy atom. The van der Waals surface area contributed by atoms with Crippen LogP contribution in [0.15, 0.2) is 24.3 Å². The molecule has 4 rings (SSSR count). The van der Waals surface area contributed by atoms with Crippen molar-refractivity contribution >= 4 is 17.0 Å². The first-order chi connectivity index (χ1) is 10.3. The predicted octanol–water partition coefficient (Wildman–Crippen LogP) is 1.72. The highest BCUT2D eigenvalue weighted by molar-refractivity contribution is 5.77. The summed E-state index contributed by atoms with van der Waals surface area (Å²) in [7, 11) is 0. The SMILES string of the molecule is C[C@@H]1CN(c2nc3ccccc3[nH]2)C[C@H]1N1CCOCC1. The molecule has 2 saturated heterocycles. The van der Waals surface area contributed by atoms with Gasteiger partial charge >= 0.3 is 0 Å². The number of fused-ring (bicyclic) bond motifs is 1. The monoisotopic (exact) mass is 286 g/mol. The topological polar surface area (TPSA) is 44.4 Å². The van der Waals surface area contributed by atoms with Gasteiger partial charge in [-0.3, -0.25) is 4.90 Å². The molecule has 1 aromatic heterocycles. The van der Waals surface area contributed by atoms with Gasteiger partial charge < -0.3 is 14.6 Å². The van der Waals surface area contributed by atoms with Crippen molar-refractivity contribution in [2.45, 2.75) is 13.0 Å². The molecule has 0 saturated carbocycles. The van der Waals surface area contributed by atoms with Crippen molar-refractivity contribution in [1.29, 1.82) is 0 Å². The molecular weight excluding hydrogens is 264 g/mol. The molecular formula is C16H22N4O. The molecule has 0 aliphatic carbocycles. The zero-order chi connectivity index (χ0) is 14.2. The van der Waals surface area contributed by atoms with Gasteiger partial charge in [0.2, 0.25) is 5.95 Å². The number of morpholine rings is 1. The number of hydrogen-bond acceptors (Lipinski definition) is 4. The van der Waals surface area contributed by atoms with Crippen LogP contribution in [0.1, 0.15) is 6.92 Å². The molecule has 5 nitrogen and oxygen atoms in total. The lowest BCUT2D eigenvalue weighted by Crippen LogP contribution is -2.46. The normalized spacial score (nSPS) is 27.6. The van der Waals surface area contributed by atoms with Crippen LogP contribution in [-0.4, -0.2) is 60.3 Å². The van der Waals surface area contributed by atoms with E-state index in [2.05, 4.69) is 33.8 Å². The third kappa shape index (κ3) is 2.40. The van der Waals surface area contributed by atoms with E-state index in [0.717, 1.165) is 56.4 Å². The number of nitrogens with one attached hydrogen (secondary N) is 1. The van der Waals surface area contributed by atoms with E-state index >= 15 is 0 Å². The lowest BCUT2D eigenvalue weighted by Gasteiger charge is -2.33. The van der Waals surface area contributed by atoms with Crippen molar-refractivity contribution in [2.24, 2.45) is 5.92 Å². The van der Waals surface area contributed by atoms with E-state index in [1.165, 1.54) is 0 Å². The maximum atomic E-state index is 5.47. The summed E-state index contributed by atoms with van der Waals surface area (Å²) in [6, 6.07) is 8.85. The van der Waals surface area contributed by atoms with Crippen LogP contribution in [0.5, 0.6) is 0 Å². The minimum atomic E-state index is 0.613. The number of rotatable bonds is 2. The largest absolute Gasteiger partial charge is 0.379 e. The summed E-state index contributed by atoms with van der Waals surface area (Å²) in [6.45, 7) is 8.33. The molecule has 2 fully saturated rings. The Balaban J connectivity index is 1.54. The van der Waals surface area contributed by atoms with Gasteiger partial charge in [0.25, 0.3) is 0 Å². The minimum absolute atomic E-state index is 0.613. The maximum Gasteiger partial charge on any atom is 0.203 e. The Kier molecular flexibility index (Phi) is 3.31. The van der Waals surface area contributed by atoms with Crippen molar-refractivity contribution in [1.82, 2.24) is 14.9 Å². The number of H-pyrrole nitrogens is 1. The van der Waals surface area contributed by atoms with Gasteiger partial charge in [-0.25, -0.2) is 4.98 Å². The molecule has 2 aliphatic heterocycles. The molecule has 0 spiro atoms. The summed E-state index contributed by atoms with van der Waals surface area (Å²) in [6.07, 6.45) is 0. The number of nitrogens with zero attached hydrogens (tertiary/aromatic N) is 3. The highest BCUT2D eigenvalue weighted by Gasteiger charge is 2.35. The molecule has 0 unspecified atom stereocenters. The van der Waals surface area contributed by atoms with Gasteiger partial charge in [-0.2, -0.15) is 0 Å². The summed E-state index contributed by atoms with van der Waals surface area (Å²) >= 11 is 0. The summed E-state index contributed by atoms with van der Waals surface area (Å²) in [4.78, 5) is 13.2. The average molecular weight is 286 g/mol. The fraction of sp³-hybridized carbons (Fsp3) is 0.562. The molecule has 0 radical (unpaired) electrons. The van der Waals surface area contributed by atoms with Crippen molar-refractivity contribution in [3.05, 3.63) is 24.3 Å². The van der Waals surface area contributed by atoms with E-state index in [9.17, 15) is 0 Å². The number of hydrogen-bond donors (Lipinski definition) is 1. The molecule has 2 aliphatic rings. The Labute approximate surface area is 124 Å². The smallest absolute Gasteiger partial charge is 0.203 e. The highest BCUT2D eigenvalue weighted by atomic mass is 16.5. The second-order valence-corrected chi connectivity index (χ2v) is 6.18. The van der Waals surface area contributed by atoms with E-state index < -0.39 is 0 Å². The molecule has 21 heavy (non-hydrogen) atoms. The van der Waals surface area contributed by atoms with Crippen LogP contribution >= 0.6 is 0 Å². The Morgan fingerprint density at radius 3 is 2.81 bits per heavy atom. The van der Waals surface area contributed by atoms with E-state index in [1.54, 1.807) is 0 Å². The third-order valence-corrected chi connectivity index (χ3v) is 4.76. The van der Waals surface area contributed by atoms with E-state index in [0.29, 0.717) is 12.0 Å². The predicted molar refractivity (Wildman–Crippen MR) is 83.7 cm³/mol. The molecule has 1 N–H and O–H groups in total. The standard InChI is InChI=1S/C16H22N4O/c1-12-10-20(11-15(12)19-6-8-21-9-7-19)16-17-13-4-2-3-5-14(13)18-16/h2-5,12,15H,6-11H2,1H3,(H,17,18)/t12-,15-/m1/s1. The highest BCUT2D eigenvalue weighted by Crippen LogP contribution is 2.27. The average Bonchev–Trinajstić information content (AvgIpc) is 3.11. The molecule has 0 bridgehead atoms. The molecule has 3 heterocycles. The lowest BCUT2D eigenvalue weighted by atomic mass is 10.0. The first-order valence-electron chi connectivity index (χ1n) is 7.83. The van der Waals surface area contributed by atoms with Gasteiger partial charge in [0.15, 0.2) is 0 Å². The summed E-state index contributed by atoms with van der Waals surface area (Å²) < 4.78 is 5.47. The van der Waals surface area contributed by atoms with Gasteiger partial charge in [0.05, 0.1) is 24.2 Å². The molecule has 5 heteroatoms. The van der Waals surface area contributed by atoms with Crippen LogP contribution in [0.25, 0.3) is 11.0 Å². The summed E-state index contributed by atoms with van der Waals surface area (Å²) in [5.41, 5.74) is 2.17. The fourth-order valence-electron chi connectivity index (χ4n) is 3.60. The van der Waals surface area contributed by atoms with Gasteiger partial charge in [-0.15, -0.1) is 0 Å². The van der Waals surface area contributed by atoms with E-state index in [4.69, 9.17) is 9.72 Å². The second kappa shape index (κ2) is 5.31. The minimum Gasteiger partial charge on any atom is -0.379 e. The van der Waals surface area contributed by atoms with E-state index in [1.807, 2.05) is 12.1 Å². The van der Waals surface area contributed by atoms with E-state index in [-0.39, 0.29) is 0 Å². The number of imidazole rings is 1. The number of aromatic nitrogens is 2. The molecule has 112 valence electrons. The van der Waals surface area contributed by atoms with Crippen molar-refractivity contribution in [3.63, 3.8) is 0 Å². The first kappa shape index (κ1) is 13.1. The van der Waals surface area contributed by atoms with Gasteiger partial charge in [0.1, 0.15) is 0 Å². The van der Waals surface area contributed by atoms with Crippen LogP contribution in [0.2, 0.25) is 0 Å². The zero-order valence-corrected chi connectivity index (χ0v) is 12.5. The number of para-hydroxylation sites is 2. The molecule has 1 aromatic carbocycles. The number of anilines is 1. The maximum absolute atomic E-state index is 5.47. The molecule has 2 aromatic rings. The molecule has 2 atom stereocenters. The van der Waals surface area contributed by atoms with Gasteiger partial charge in [0, 0.05) is 32.2 Å². The fourth-order valence-corrected chi connectivity index (χ4v) is 3.60. The Bertz CT molecular complexity index is 587. The third-order valence-electron chi connectivity index (χ3n) is 4.76. The first-order valence-corrected chi connectivity index (χ1v) is 7.83. The second-order valence-electron chi connectivity index (χ2n) is 6.18. The van der Waals surface area contributed by atoms with Crippen LogP contribution in [0, 0.1) is 5.92 Å². The van der Waals surface area contributed by atoms with Crippen LogP contribution in [0.4, 0.5) is 5.95 Å². The number of aromatic amines is 1. The van der Waals surface area contributed by atoms with Gasteiger partial charge in [-0.05, 0) is 18.1 Å². The van der Waals surface area contributed by atoms with Crippen LogP contribution in [-0.2, 0) is 4.74 Å². The van der Waals surface area contributed by atoms with Gasteiger partial charge in [-0.1, -0.05) is 19.1 Å². The summed E-state index contributed by atoms with van der Waals surface area (Å²) in [5.74, 6) is 1.68. The van der Waals surface area contributed by atoms with Crippen LogP contribution in [0.3, 0.4) is 0 Å². The number of ether oxygens (including phenoxy) is 1.